The summed E-state index contributed by atoms with van der Waals surface area (Å²) in [6, 6.07) is 5.61. The molecule has 2 fully saturated rings. The third kappa shape index (κ3) is 4.04. The van der Waals surface area contributed by atoms with Crippen LogP contribution in [-0.2, 0) is 0 Å². The maximum absolute atomic E-state index is 13.9. The highest BCUT2D eigenvalue weighted by Gasteiger charge is 2.42. The third-order valence-corrected chi connectivity index (χ3v) is 4.56. The maximum atomic E-state index is 13.9. The van der Waals surface area contributed by atoms with Crippen molar-refractivity contribution in [1.82, 2.24) is 10.6 Å². The monoisotopic (exact) mass is 437 g/mol. The minimum atomic E-state index is -0.213. The van der Waals surface area contributed by atoms with Crippen LogP contribution >= 0.6 is 35.6 Å². The summed E-state index contributed by atoms with van der Waals surface area (Å²) in [6.45, 7) is 4.96. The second kappa shape index (κ2) is 7.34. The van der Waals surface area contributed by atoms with E-state index < -0.39 is 0 Å². The molecule has 4 unspecified atom stereocenters. The molecule has 22 heavy (non-hydrogen) atoms. The van der Waals surface area contributed by atoms with Gasteiger partial charge in [0.2, 0.25) is 0 Å². The highest BCUT2D eigenvalue weighted by atomic mass is 127. The zero-order valence-electron chi connectivity index (χ0n) is 12.8. The Bertz CT molecular complexity index is 546. The summed E-state index contributed by atoms with van der Waals surface area (Å²) < 4.78 is 13.9. The van der Waals surface area contributed by atoms with Crippen molar-refractivity contribution in [2.75, 3.05) is 6.54 Å². The molecule has 3 nitrogen and oxygen atoms in total. The van der Waals surface area contributed by atoms with Crippen LogP contribution < -0.4 is 10.6 Å². The van der Waals surface area contributed by atoms with Gasteiger partial charge in [-0.25, -0.2) is 4.39 Å². The van der Waals surface area contributed by atoms with Crippen LogP contribution in [0, 0.1) is 11.7 Å². The largest absolute Gasteiger partial charge is 0.353 e. The summed E-state index contributed by atoms with van der Waals surface area (Å²) in [5.74, 6) is 1.48. The van der Waals surface area contributed by atoms with Gasteiger partial charge in [0.15, 0.2) is 5.96 Å². The number of aliphatic imine (C=N–C) groups is 1. The summed E-state index contributed by atoms with van der Waals surface area (Å²) in [7, 11) is 0. The number of guanidine groups is 1. The second-order valence-electron chi connectivity index (χ2n) is 6.02. The lowest BCUT2D eigenvalue weighted by Crippen LogP contribution is -2.40. The fraction of sp³-hybridized carbons (Fsp3) is 0.562. The van der Waals surface area contributed by atoms with E-state index in [0.29, 0.717) is 22.5 Å². The van der Waals surface area contributed by atoms with Gasteiger partial charge < -0.3 is 10.6 Å². The lowest BCUT2D eigenvalue weighted by molar-refractivity contribution is 0.607. The molecule has 0 saturated heterocycles. The van der Waals surface area contributed by atoms with Crippen LogP contribution in [0.4, 0.5) is 4.39 Å². The summed E-state index contributed by atoms with van der Waals surface area (Å²) in [4.78, 5) is 4.46. The van der Waals surface area contributed by atoms with E-state index in [9.17, 15) is 4.39 Å². The fourth-order valence-electron chi connectivity index (χ4n) is 2.70. The topological polar surface area (TPSA) is 36.4 Å². The first-order chi connectivity index (χ1) is 10.1. The zero-order valence-corrected chi connectivity index (χ0v) is 15.9. The quantitative estimate of drug-likeness (QED) is 0.426. The molecular weight excluding hydrogens is 416 g/mol. The molecule has 2 aliphatic carbocycles. The van der Waals surface area contributed by atoms with Gasteiger partial charge in [-0.1, -0.05) is 24.6 Å². The highest BCUT2D eigenvalue weighted by molar-refractivity contribution is 14.0. The summed E-state index contributed by atoms with van der Waals surface area (Å²) in [5.41, 5.74) is 0.632. The van der Waals surface area contributed by atoms with Gasteiger partial charge in [0.05, 0.1) is 0 Å². The third-order valence-electron chi connectivity index (χ3n) is 4.23. The number of nitrogens with one attached hydrogen (secondary N) is 2. The predicted molar refractivity (Wildman–Crippen MR) is 99.8 cm³/mol. The Kier molecular flexibility index (Phi) is 5.94. The Labute approximate surface area is 153 Å². The normalized spacial score (nSPS) is 29.5. The van der Waals surface area contributed by atoms with E-state index in [1.165, 1.54) is 12.5 Å². The summed E-state index contributed by atoms with van der Waals surface area (Å²) >= 11 is 6.13. The van der Waals surface area contributed by atoms with Crippen LogP contribution in [0.5, 0.6) is 0 Å². The molecule has 122 valence electrons. The number of hydrogen-bond donors (Lipinski definition) is 2. The fourth-order valence-corrected chi connectivity index (χ4v) is 3.01. The zero-order chi connectivity index (χ0) is 15.0. The molecule has 2 N–H and O–H groups in total. The van der Waals surface area contributed by atoms with Crippen LogP contribution in [0.15, 0.2) is 23.2 Å². The number of hydrogen-bond acceptors (Lipinski definition) is 1. The first kappa shape index (κ1) is 17.8. The Morgan fingerprint density at radius 3 is 2.59 bits per heavy atom. The van der Waals surface area contributed by atoms with Crippen LogP contribution in [0.25, 0.3) is 0 Å². The van der Waals surface area contributed by atoms with Crippen molar-refractivity contribution in [2.45, 2.75) is 44.7 Å². The molecule has 2 saturated carbocycles. The van der Waals surface area contributed by atoms with Gasteiger partial charge in [-0.2, -0.15) is 0 Å². The minimum absolute atomic E-state index is 0. The number of nitrogens with zero attached hydrogens (tertiary/aromatic N) is 1. The summed E-state index contributed by atoms with van der Waals surface area (Å²) in [5, 5.41) is 7.34. The van der Waals surface area contributed by atoms with Crippen molar-refractivity contribution in [3.05, 3.63) is 34.6 Å². The van der Waals surface area contributed by atoms with Gasteiger partial charge in [-0.15, -0.1) is 24.0 Å². The maximum Gasteiger partial charge on any atom is 0.191 e. The lowest BCUT2D eigenvalue weighted by Gasteiger charge is -2.12. The van der Waals surface area contributed by atoms with Crippen molar-refractivity contribution in [3.8, 4) is 0 Å². The SMILES string of the molecule is CCN=C(NC1CC1C)NC1CC1c1c(F)cccc1Cl.I. The average Bonchev–Trinajstić information content (AvgIpc) is 3.31. The second-order valence-corrected chi connectivity index (χ2v) is 6.42. The van der Waals surface area contributed by atoms with Crippen molar-refractivity contribution in [1.29, 1.82) is 0 Å². The van der Waals surface area contributed by atoms with Gasteiger partial charge in [-0.05, 0) is 37.8 Å². The van der Waals surface area contributed by atoms with Crippen LogP contribution in [0.3, 0.4) is 0 Å². The van der Waals surface area contributed by atoms with Gasteiger partial charge in [0, 0.05) is 35.1 Å². The molecule has 6 heteroatoms. The molecule has 0 aliphatic heterocycles. The van der Waals surface area contributed by atoms with Crippen molar-refractivity contribution in [2.24, 2.45) is 10.9 Å². The Morgan fingerprint density at radius 2 is 2.00 bits per heavy atom. The van der Waals surface area contributed by atoms with E-state index in [0.717, 1.165) is 18.9 Å². The van der Waals surface area contributed by atoms with Crippen molar-refractivity contribution in [3.63, 3.8) is 0 Å². The number of rotatable bonds is 4. The number of halogens is 3. The molecule has 1 aromatic rings. The van der Waals surface area contributed by atoms with E-state index in [1.807, 2.05) is 6.92 Å². The molecule has 3 rings (SSSR count). The van der Waals surface area contributed by atoms with Crippen LogP contribution in [-0.4, -0.2) is 24.6 Å². The molecule has 0 heterocycles. The molecule has 0 spiro atoms. The Morgan fingerprint density at radius 1 is 1.32 bits per heavy atom. The Hall–Kier alpha value is -0.560. The molecule has 0 radical (unpaired) electrons. The van der Waals surface area contributed by atoms with Crippen molar-refractivity contribution >= 4 is 41.5 Å². The molecule has 4 atom stereocenters. The van der Waals surface area contributed by atoms with E-state index in [-0.39, 0.29) is 41.8 Å². The standard InChI is InChI=1S/C16H21ClFN3.HI/c1-3-19-16(20-13-7-9(13)2)21-14-8-10(14)15-11(17)5-4-6-12(15)18;/h4-6,9-10,13-14H,3,7-8H2,1-2H3,(H2,19,20,21);1H. The lowest BCUT2D eigenvalue weighted by atomic mass is 10.1. The van der Waals surface area contributed by atoms with Gasteiger partial charge in [0.1, 0.15) is 5.82 Å². The van der Waals surface area contributed by atoms with Gasteiger partial charge >= 0.3 is 0 Å². The van der Waals surface area contributed by atoms with Gasteiger partial charge in [-0.3, -0.25) is 4.99 Å². The molecule has 2 aliphatic rings. The van der Waals surface area contributed by atoms with E-state index >= 15 is 0 Å². The first-order valence-electron chi connectivity index (χ1n) is 7.61. The van der Waals surface area contributed by atoms with E-state index in [4.69, 9.17) is 11.6 Å². The molecule has 0 amide bonds. The van der Waals surface area contributed by atoms with Crippen LogP contribution in [0.2, 0.25) is 5.02 Å². The average molecular weight is 438 g/mol. The molecule has 1 aromatic carbocycles. The van der Waals surface area contributed by atoms with Crippen molar-refractivity contribution < 1.29 is 4.39 Å². The minimum Gasteiger partial charge on any atom is -0.353 e. The highest BCUT2D eigenvalue weighted by Crippen LogP contribution is 2.44. The molecule has 0 bridgehead atoms. The van der Waals surface area contributed by atoms with Crippen LogP contribution in [0.1, 0.15) is 38.2 Å². The smallest absolute Gasteiger partial charge is 0.191 e. The predicted octanol–water partition coefficient (Wildman–Crippen LogP) is 3.92. The van der Waals surface area contributed by atoms with E-state index in [2.05, 4.69) is 22.5 Å². The Balaban J connectivity index is 0.00000176. The van der Waals surface area contributed by atoms with E-state index in [1.54, 1.807) is 12.1 Å². The molecule has 0 aromatic heterocycles. The summed E-state index contributed by atoms with van der Waals surface area (Å²) in [6.07, 6.45) is 2.09. The van der Waals surface area contributed by atoms with Gasteiger partial charge in [0.25, 0.3) is 0 Å². The number of benzene rings is 1. The molecular formula is C16H22ClFIN3. The first-order valence-corrected chi connectivity index (χ1v) is 7.99.